The Hall–Kier alpha value is -2.87. The van der Waals surface area contributed by atoms with Gasteiger partial charge in [-0.1, -0.05) is 17.7 Å². The van der Waals surface area contributed by atoms with Gasteiger partial charge < -0.3 is 21.3 Å². The molecule has 2 aliphatic heterocycles. The largest absolute Gasteiger partial charge is 0.383 e. The Kier molecular flexibility index (Phi) is 4.57. The zero-order chi connectivity index (χ0) is 19.0. The third-order valence-electron chi connectivity index (χ3n) is 4.76. The van der Waals surface area contributed by atoms with Crippen molar-refractivity contribution in [3.8, 4) is 0 Å². The third-order valence-corrected chi connectivity index (χ3v) is 4.99. The molecule has 2 aromatic rings. The Balaban J connectivity index is 1.65. The van der Waals surface area contributed by atoms with Crippen LogP contribution in [0, 0.1) is 0 Å². The van der Waals surface area contributed by atoms with Gasteiger partial charge in [0.25, 0.3) is 0 Å². The molecular formula is C18H19ClN6O2. The number of nitrogen functional groups attached to an aromatic ring is 1. The molecule has 0 saturated carbocycles. The van der Waals surface area contributed by atoms with Crippen molar-refractivity contribution in [3.63, 3.8) is 0 Å². The van der Waals surface area contributed by atoms with Gasteiger partial charge in [-0.2, -0.15) is 9.97 Å². The van der Waals surface area contributed by atoms with E-state index in [9.17, 15) is 9.59 Å². The summed E-state index contributed by atoms with van der Waals surface area (Å²) in [6.07, 6.45) is 2.12. The molecule has 2 amide bonds. The van der Waals surface area contributed by atoms with Gasteiger partial charge in [0.1, 0.15) is 11.6 Å². The Morgan fingerprint density at radius 2 is 2.07 bits per heavy atom. The second-order valence-electron chi connectivity index (χ2n) is 6.67. The van der Waals surface area contributed by atoms with Gasteiger partial charge >= 0.3 is 0 Å². The number of aromatic nitrogens is 2. The second kappa shape index (κ2) is 7.03. The Bertz CT molecular complexity index is 913. The fraction of sp³-hybridized carbons (Fsp3) is 0.333. The van der Waals surface area contributed by atoms with E-state index in [4.69, 9.17) is 17.3 Å². The van der Waals surface area contributed by atoms with Crippen LogP contribution < -0.4 is 21.3 Å². The number of hydrogen-bond donors (Lipinski definition) is 3. The first-order chi connectivity index (χ1) is 13.0. The van der Waals surface area contributed by atoms with Crippen molar-refractivity contribution in [1.82, 2.24) is 9.97 Å². The molecule has 1 saturated heterocycles. The van der Waals surface area contributed by atoms with E-state index in [1.165, 1.54) is 0 Å². The standard InChI is InChI=1S/C18H19ClN6O2/c19-10-4-3-5-11(8-10)21-17(27)12-9-13(26)22-16-14(12)15(20)23-18(24-16)25-6-1-2-7-25/h3-5,8,12H,1-2,6-7,9H2,(H,21,27)(H3,20,22,23,24,26). The maximum Gasteiger partial charge on any atom is 0.232 e. The van der Waals surface area contributed by atoms with E-state index in [0.29, 0.717) is 28.0 Å². The molecule has 0 bridgehead atoms. The number of carbonyl (C=O) groups excluding carboxylic acids is 2. The first kappa shape index (κ1) is 17.5. The van der Waals surface area contributed by atoms with Crippen molar-refractivity contribution < 1.29 is 9.59 Å². The van der Waals surface area contributed by atoms with Crippen molar-refractivity contribution >= 4 is 46.7 Å². The van der Waals surface area contributed by atoms with E-state index in [-0.39, 0.29) is 24.1 Å². The molecule has 1 unspecified atom stereocenters. The highest BCUT2D eigenvalue weighted by Crippen LogP contribution is 2.37. The first-order valence-corrected chi connectivity index (χ1v) is 9.17. The van der Waals surface area contributed by atoms with Gasteiger partial charge in [-0.05, 0) is 31.0 Å². The third kappa shape index (κ3) is 3.52. The number of anilines is 4. The highest BCUT2D eigenvalue weighted by atomic mass is 35.5. The molecule has 1 aromatic heterocycles. The van der Waals surface area contributed by atoms with Crippen molar-refractivity contribution in [2.75, 3.05) is 34.4 Å². The molecule has 2 aliphatic rings. The van der Waals surface area contributed by atoms with Crippen LogP contribution in [-0.2, 0) is 9.59 Å². The number of benzene rings is 1. The minimum absolute atomic E-state index is 0.0178. The molecule has 9 heteroatoms. The van der Waals surface area contributed by atoms with Crippen LogP contribution in [0.2, 0.25) is 5.02 Å². The van der Waals surface area contributed by atoms with E-state index >= 15 is 0 Å². The number of amides is 2. The molecular weight excluding hydrogens is 368 g/mol. The normalized spacial score (nSPS) is 18.8. The molecule has 0 spiro atoms. The molecule has 140 valence electrons. The summed E-state index contributed by atoms with van der Waals surface area (Å²) >= 11 is 5.96. The van der Waals surface area contributed by atoms with Crippen LogP contribution in [0.5, 0.6) is 0 Å². The topological polar surface area (TPSA) is 113 Å². The fourth-order valence-corrected chi connectivity index (χ4v) is 3.65. The highest BCUT2D eigenvalue weighted by Gasteiger charge is 2.35. The van der Waals surface area contributed by atoms with Crippen molar-refractivity contribution in [2.45, 2.75) is 25.2 Å². The summed E-state index contributed by atoms with van der Waals surface area (Å²) in [5, 5.41) is 6.02. The molecule has 3 heterocycles. The van der Waals surface area contributed by atoms with Crippen LogP contribution in [0.1, 0.15) is 30.7 Å². The number of hydrogen-bond acceptors (Lipinski definition) is 6. The van der Waals surface area contributed by atoms with Crippen molar-refractivity contribution in [2.24, 2.45) is 0 Å². The van der Waals surface area contributed by atoms with E-state index in [0.717, 1.165) is 25.9 Å². The Morgan fingerprint density at radius 3 is 2.81 bits per heavy atom. The van der Waals surface area contributed by atoms with Gasteiger partial charge in [-0.25, -0.2) is 0 Å². The minimum Gasteiger partial charge on any atom is -0.383 e. The average Bonchev–Trinajstić information content (AvgIpc) is 3.15. The summed E-state index contributed by atoms with van der Waals surface area (Å²) in [5.74, 6) is -0.378. The number of halogens is 1. The smallest absolute Gasteiger partial charge is 0.232 e. The molecule has 8 nitrogen and oxygen atoms in total. The molecule has 27 heavy (non-hydrogen) atoms. The SMILES string of the molecule is Nc1nc(N2CCCC2)nc2c1C(C(=O)Nc1cccc(Cl)c1)CC(=O)N2. The molecule has 1 atom stereocenters. The average molecular weight is 387 g/mol. The number of fused-ring (bicyclic) bond motifs is 1. The number of nitrogens with zero attached hydrogens (tertiary/aromatic N) is 3. The van der Waals surface area contributed by atoms with Crippen LogP contribution in [0.4, 0.5) is 23.3 Å². The van der Waals surface area contributed by atoms with Crippen LogP contribution in [0.3, 0.4) is 0 Å². The lowest BCUT2D eigenvalue weighted by molar-refractivity contribution is -0.123. The van der Waals surface area contributed by atoms with Gasteiger partial charge in [0.05, 0.1) is 11.5 Å². The predicted molar refractivity (Wildman–Crippen MR) is 104 cm³/mol. The van der Waals surface area contributed by atoms with Crippen LogP contribution in [0.15, 0.2) is 24.3 Å². The van der Waals surface area contributed by atoms with Gasteiger partial charge in [0, 0.05) is 30.2 Å². The maximum atomic E-state index is 12.8. The summed E-state index contributed by atoms with van der Waals surface area (Å²) in [7, 11) is 0. The van der Waals surface area contributed by atoms with Gasteiger partial charge in [-0.3, -0.25) is 9.59 Å². The summed E-state index contributed by atoms with van der Waals surface area (Å²) in [4.78, 5) is 35.9. The zero-order valence-electron chi connectivity index (χ0n) is 14.5. The van der Waals surface area contributed by atoms with E-state index in [1.54, 1.807) is 24.3 Å². The molecule has 0 aliphatic carbocycles. The number of carbonyl (C=O) groups is 2. The van der Waals surface area contributed by atoms with Gasteiger partial charge in [-0.15, -0.1) is 0 Å². The summed E-state index contributed by atoms with van der Waals surface area (Å²) < 4.78 is 0. The molecule has 1 aromatic carbocycles. The monoisotopic (exact) mass is 386 g/mol. The summed E-state index contributed by atoms with van der Waals surface area (Å²) in [6.45, 7) is 1.70. The minimum atomic E-state index is -0.764. The van der Waals surface area contributed by atoms with Gasteiger partial charge in [0.2, 0.25) is 17.8 Å². The Morgan fingerprint density at radius 1 is 1.30 bits per heavy atom. The summed E-state index contributed by atoms with van der Waals surface area (Å²) in [6, 6.07) is 6.81. The molecule has 0 radical (unpaired) electrons. The predicted octanol–water partition coefficient (Wildman–Crippen LogP) is 2.38. The molecule has 4 N–H and O–H groups in total. The van der Waals surface area contributed by atoms with E-state index in [1.807, 2.05) is 4.90 Å². The lowest BCUT2D eigenvalue weighted by Crippen LogP contribution is -2.33. The van der Waals surface area contributed by atoms with Gasteiger partial charge in [0.15, 0.2) is 0 Å². The quantitative estimate of drug-likeness (QED) is 0.746. The van der Waals surface area contributed by atoms with Crippen molar-refractivity contribution in [1.29, 1.82) is 0 Å². The number of nitrogens with two attached hydrogens (primary N) is 1. The molecule has 4 rings (SSSR count). The highest BCUT2D eigenvalue weighted by molar-refractivity contribution is 6.30. The zero-order valence-corrected chi connectivity index (χ0v) is 15.3. The van der Waals surface area contributed by atoms with Crippen molar-refractivity contribution in [3.05, 3.63) is 34.9 Å². The van der Waals surface area contributed by atoms with E-state index < -0.39 is 5.92 Å². The van der Waals surface area contributed by atoms with E-state index in [2.05, 4.69) is 20.6 Å². The fourth-order valence-electron chi connectivity index (χ4n) is 3.46. The van der Waals surface area contributed by atoms with Crippen LogP contribution in [0.25, 0.3) is 0 Å². The maximum absolute atomic E-state index is 12.8. The summed E-state index contributed by atoms with van der Waals surface area (Å²) in [5.41, 5.74) is 7.18. The Labute approximate surface area is 161 Å². The number of rotatable bonds is 3. The number of nitrogens with one attached hydrogen (secondary N) is 2. The lowest BCUT2D eigenvalue weighted by Gasteiger charge is -2.26. The lowest BCUT2D eigenvalue weighted by atomic mass is 9.92. The second-order valence-corrected chi connectivity index (χ2v) is 7.11. The molecule has 1 fully saturated rings. The first-order valence-electron chi connectivity index (χ1n) is 8.80. The van der Waals surface area contributed by atoms with Crippen LogP contribution in [-0.4, -0.2) is 34.9 Å². The van der Waals surface area contributed by atoms with Crippen LogP contribution >= 0.6 is 11.6 Å².